The Morgan fingerprint density at radius 1 is 1.44 bits per heavy atom. The molecule has 0 saturated heterocycles. The Morgan fingerprint density at radius 2 is 2.31 bits per heavy atom. The lowest BCUT2D eigenvalue weighted by Crippen LogP contribution is -2.05. The van der Waals surface area contributed by atoms with Crippen LogP contribution in [-0.2, 0) is 13.0 Å². The first kappa shape index (κ1) is 11.6. The van der Waals surface area contributed by atoms with Crippen LogP contribution in [-0.4, -0.2) is 12.0 Å². The highest BCUT2D eigenvalue weighted by Crippen LogP contribution is 2.20. The smallest absolute Gasteiger partial charge is 0.0968 e. The van der Waals surface area contributed by atoms with Gasteiger partial charge in [0.1, 0.15) is 0 Å². The maximum Gasteiger partial charge on any atom is 0.0968 e. The first-order valence-electron chi connectivity index (χ1n) is 5.10. The summed E-state index contributed by atoms with van der Waals surface area (Å²) >= 11 is 7.86. The normalized spacial score (nSPS) is 10.6. The number of nitrogens with one attached hydrogen (secondary N) is 1. The van der Waals surface area contributed by atoms with E-state index in [0.29, 0.717) is 0 Å². The average Bonchev–Trinajstić information content (AvgIpc) is 2.75. The highest BCUT2D eigenvalue weighted by molar-refractivity contribution is 7.09. The molecule has 0 fully saturated rings. The Morgan fingerprint density at radius 3 is 2.94 bits per heavy atom. The Bertz CT molecular complexity index is 454. The van der Waals surface area contributed by atoms with Crippen LogP contribution >= 0.6 is 22.9 Å². The third-order valence-corrected chi connectivity index (χ3v) is 3.45. The van der Waals surface area contributed by atoms with Gasteiger partial charge in [0.15, 0.2) is 0 Å². The summed E-state index contributed by atoms with van der Waals surface area (Å²) in [5.74, 6) is 0. The van der Waals surface area contributed by atoms with Gasteiger partial charge in [-0.25, -0.2) is 4.98 Å². The lowest BCUT2D eigenvalue weighted by molar-refractivity contribution is 0.817. The number of nitrogens with zero attached hydrogens (tertiary/aromatic N) is 1. The van der Waals surface area contributed by atoms with Gasteiger partial charge in [0.25, 0.3) is 0 Å². The zero-order valence-corrected chi connectivity index (χ0v) is 10.6. The minimum absolute atomic E-state index is 0.802. The number of hydrogen-bond donors (Lipinski definition) is 1. The topological polar surface area (TPSA) is 24.9 Å². The predicted octanol–water partition coefficient (Wildman–Crippen LogP) is 3.11. The maximum atomic E-state index is 6.19. The van der Waals surface area contributed by atoms with Gasteiger partial charge in [-0.3, -0.25) is 0 Å². The second-order valence-electron chi connectivity index (χ2n) is 3.56. The van der Waals surface area contributed by atoms with E-state index in [4.69, 9.17) is 11.6 Å². The highest BCUT2D eigenvalue weighted by Gasteiger charge is 2.03. The first-order chi connectivity index (χ1) is 7.79. The van der Waals surface area contributed by atoms with Crippen molar-refractivity contribution in [3.05, 3.63) is 50.9 Å². The Balaban J connectivity index is 2.15. The fourth-order valence-electron chi connectivity index (χ4n) is 1.55. The van der Waals surface area contributed by atoms with Crippen LogP contribution in [0.4, 0.5) is 0 Å². The third-order valence-electron chi connectivity index (χ3n) is 2.32. The van der Waals surface area contributed by atoms with Crippen molar-refractivity contribution in [2.75, 3.05) is 7.05 Å². The Kier molecular flexibility index (Phi) is 3.93. The SMILES string of the molecule is CNCc1ccc(Cc2nccs2)cc1Cl. The van der Waals surface area contributed by atoms with Crippen molar-refractivity contribution in [3.63, 3.8) is 0 Å². The molecule has 0 atom stereocenters. The van der Waals surface area contributed by atoms with Crippen LogP contribution in [0, 0.1) is 0 Å². The molecule has 0 bridgehead atoms. The van der Waals surface area contributed by atoms with Crippen LogP contribution in [0.25, 0.3) is 0 Å². The fourth-order valence-corrected chi connectivity index (χ4v) is 2.47. The van der Waals surface area contributed by atoms with E-state index in [-0.39, 0.29) is 0 Å². The molecule has 1 N–H and O–H groups in total. The molecule has 0 saturated carbocycles. The average molecular weight is 253 g/mol. The van der Waals surface area contributed by atoms with E-state index in [0.717, 1.165) is 28.6 Å². The summed E-state index contributed by atoms with van der Waals surface area (Å²) in [7, 11) is 1.92. The number of benzene rings is 1. The second-order valence-corrected chi connectivity index (χ2v) is 4.95. The van der Waals surface area contributed by atoms with Crippen molar-refractivity contribution in [1.29, 1.82) is 0 Å². The molecule has 1 heterocycles. The minimum Gasteiger partial charge on any atom is -0.316 e. The van der Waals surface area contributed by atoms with Gasteiger partial charge in [-0.05, 0) is 24.2 Å². The van der Waals surface area contributed by atoms with Crippen LogP contribution in [0.15, 0.2) is 29.8 Å². The second kappa shape index (κ2) is 5.43. The van der Waals surface area contributed by atoms with Crippen molar-refractivity contribution in [2.45, 2.75) is 13.0 Å². The van der Waals surface area contributed by atoms with Gasteiger partial charge in [-0.15, -0.1) is 11.3 Å². The van der Waals surface area contributed by atoms with Crippen molar-refractivity contribution in [3.8, 4) is 0 Å². The molecule has 1 aromatic heterocycles. The van der Waals surface area contributed by atoms with E-state index in [1.54, 1.807) is 11.3 Å². The molecule has 4 heteroatoms. The summed E-state index contributed by atoms with van der Waals surface area (Å²) in [6.45, 7) is 0.802. The molecule has 2 aromatic rings. The summed E-state index contributed by atoms with van der Waals surface area (Å²) in [4.78, 5) is 4.26. The lowest BCUT2D eigenvalue weighted by Gasteiger charge is -2.05. The monoisotopic (exact) mass is 252 g/mol. The van der Waals surface area contributed by atoms with Crippen LogP contribution in [0.1, 0.15) is 16.1 Å². The molecular formula is C12H13ClN2S. The van der Waals surface area contributed by atoms with Crippen molar-refractivity contribution >= 4 is 22.9 Å². The van der Waals surface area contributed by atoms with Gasteiger partial charge in [0, 0.05) is 29.6 Å². The van der Waals surface area contributed by atoms with Gasteiger partial charge in [-0.2, -0.15) is 0 Å². The van der Waals surface area contributed by atoms with Gasteiger partial charge >= 0.3 is 0 Å². The molecule has 0 unspecified atom stereocenters. The van der Waals surface area contributed by atoms with Gasteiger partial charge in [-0.1, -0.05) is 23.7 Å². The molecule has 0 spiro atoms. The third kappa shape index (κ3) is 2.82. The van der Waals surface area contributed by atoms with Crippen LogP contribution in [0.2, 0.25) is 5.02 Å². The Labute approximate surface area is 104 Å². The molecule has 16 heavy (non-hydrogen) atoms. The minimum atomic E-state index is 0.802. The van der Waals surface area contributed by atoms with E-state index >= 15 is 0 Å². The zero-order valence-electron chi connectivity index (χ0n) is 9.03. The largest absolute Gasteiger partial charge is 0.316 e. The summed E-state index contributed by atoms with van der Waals surface area (Å²) in [5, 5.41) is 7.03. The van der Waals surface area contributed by atoms with Gasteiger partial charge in [0.05, 0.1) is 5.01 Å². The zero-order chi connectivity index (χ0) is 11.4. The van der Waals surface area contributed by atoms with Crippen molar-refractivity contribution < 1.29 is 0 Å². The van der Waals surface area contributed by atoms with E-state index in [1.807, 2.05) is 24.7 Å². The molecule has 0 radical (unpaired) electrons. The van der Waals surface area contributed by atoms with E-state index in [2.05, 4.69) is 22.4 Å². The Hall–Kier alpha value is -0.900. The van der Waals surface area contributed by atoms with Crippen LogP contribution in [0.3, 0.4) is 0 Å². The van der Waals surface area contributed by atoms with Gasteiger partial charge in [0.2, 0.25) is 0 Å². The first-order valence-corrected chi connectivity index (χ1v) is 6.35. The number of aromatic nitrogens is 1. The fraction of sp³-hybridized carbons (Fsp3) is 0.250. The summed E-state index contributed by atoms with van der Waals surface area (Å²) in [6.07, 6.45) is 2.69. The predicted molar refractivity (Wildman–Crippen MR) is 69.1 cm³/mol. The number of hydrogen-bond acceptors (Lipinski definition) is 3. The van der Waals surface area contributed by atoms with Crippen molar-refractivity contribution in [2.24, 2.45) is 0 Å². The molecule has 84 valence electrons. The quantitative estimate of drug-likeness (QED) is 0.905. The van der Waals surface area contributed by atoms with E-state index < -0.39 is 0 Å². The summed E-state index contributed by atoms with van der Waals surface area (Å²) in [5.41, 5.74) is 2.34. The van der Waals surface area contributed by atoms with E-state index in [1.165, 1.54) is 5.56 Å². The lowest BCUT2D eigenvalue weighted by atomic mass is 10.1. The standard InChI is InChI=1S/C12H13ClN2S/c1-14-8-10-3-2-9(6-11(10)13)7-12-15-4-5-16-12/h2-6,14H,7-8H2,1H3. The van der Waals surface area contributed by atoms with Crippen LogP contribution in [0.5, 0.6) is 0 Å². The molecular weight excluding hydrogens is 240 g/mol. The molecule has 0 aliphatic rings. The molecule has 0 aliphatic carbocycles. The van der Waals surface area contributed by atoms with Crippen molar-refractivity contribution in [1.82, 2.24) is 10.3 Å². The number of rotatable bonds is 4. The maximum absolute atomic E-state index is 6.19. The van der Waals surface area contributed by atoms with Gasteiger partial charge < -0.3 is 5.32 Å². The highest BCUT2D eigenvalue weighted by atomic mass is 35.5. The molecule has 1 aromatic carbocycles. The van der Waals surface area contributed by atoms with E-state index in [9.17, 15) is 0 Å². The number of thiazole rings is 1. The molecule has 0 aliphatic heterocycles. The molecule has 0 amide bonds. The molecule has 2 rings (SSSR count). The molecule has 2 nitrogen and oxygen atoms in total. The summed E-state index contributed by atoms with van der Waals surface area (Å²) < 4.78 is 0. The van der Waals surface area contributed by atoms with Crippen LogP contribution < -0.4 is 5.32 Å². The summed E-state index contributed by atoms with van der Waals surface area (Å²) in [6, 6.07) is 6.21. The number of halogens is 1.